The van der Waals surface area contributed by atoms with Crippen LogP contribution in [0.1, 0.15) is 25.2 Å². The zero-order valence-corrected chi connectivity index (χ0v) is 19.5. The van der Waals surface area contributed by atoms with Crippen molar-refractivity contribution in [3.63, 3.8) is 0 Å². The van der Waals surface area contributed by atoms with E-state index < -0.39 is 0 Å². The number of nitrogens with zero attached hydrogens (tertiary/aromatic N) is 5. The fraction of sp³-hybridized carbons (Fsp3) is 0.526. The van der Waals surface area contributed by atoms with E-state index in [2.05, 4.69) is 38.3 Å². The molecule has 3 rings (SSSR count). The number of piperazine rings is 1. The summed E-state index contributed by atoms with van der Waals surface area (Å²) in [6, 6.07) is 6.65. The Bertz CT molecular complexity index is 743. The van der Waals surface area contributed by atoms with Crippen LogP contribution < -0.4 is 10.2 Å². The van der Waals surface area contributed by atoms with Gasteiger partial charge < -0.3 is 15.1 Å². The van der Waals surface area contributed by atoms with Crippen molar-refractivity contribution in [1.29, 1.82) is 0 Å². The SMILES string of the molecule is CCNC(=NCCc1ccc(F)cc1)N1CCN(c2nc(CC)ns2)CC1.I. The Kier molecular flexibility index (Phi) is 9.36. The molecule has 0 aliphatic carbocycles. The van der Waals surface area contributed by atoms with Crippen molar-refractivity contribution >= 4 is 46.6 Å². The first-order valence-corrected chi connectivity index (χ1v) is 10.3. The van der Waals surface area contributed by atoms with Crippen LogP contribution in [0.5, 0.6) is 0 Å². The second-order valence-corrected chi connectivity index (χ2v) is 7.16. The Hall–Kier alpha value is -1.49. The maximum Gasteiger partial charge on any atom is 0.205 e. The highest BCUT2D eigenvalue weighted by atomic mass is 127. The van der Waals surface area contributed by atoms with Crippen molar-refractivity contribution in [3.05, 3.63) is 41.5 Å². The summed E-state index contributed by atoms with van der Waals surface area (Å²) in [5.41, 5.74) is 1.10. The van der Waals surface area contributed by atoms with Crippen LogP contribution in [0.4, 0.5) is 9.52 Å². The molecule has 2 heterocycles. The van der Waals surface area contributed by atoms with Gasteiger partial charge >= 0.3 is 0 Å². The Balaban J connectivity index is 0.00000280. The highest BCUT2D eigenvalue weighted by Gasteiger charge is 2.21. The zero-order valence-electron chi connectivity index (χ0n) is 16.4. The van der Waals surface area contributed by atoms with Gasteiger partial charge in [0.05, 0.1) is 0 Å². The summed E-state index contributed by atoms with van der Waals surface area (Å²) in [6.07, 6.45) is 1.68. The molecule has 28 heavy (non-hydrogen) atoms. The summed E-state index contributed by atoms with van der Waals surface area (Å²) in [5.74, 6) is 1.67. The molecule has 9 heteroatoms. The van der Waals surface area contributed by atoms with Gasteiger partial charge in [-0.05, 0) is 31.0 Å². The molecule has 1 aliphatic heterocycles. The predicted molar refractivity (Wildman–Crippen MR) is 125 cm³/mol. The van der Waals surface area contributed by atoms with E-state index in [9.17, 15) is 4.39 Å². The Morgan fingerprint density at radius 2 is 1.89 bits per heavy atom. The molecule has 1 N–H and O–H groups in total. The lowest BCUT2D eigenvalue weighted by Gasteiger charge is -2.36. The van der Waals surface area contributed by atoms with Crippen molar-refractivity contribution in [2.45, 2.75) is 26.7 Å². The number of aliphatic imine (C=N–C) groups is 1. The minimum Gasteiger partial charge on any atom is -0.357 e. The standard InChI is InChI=1S/C19H27FN6S.HI/c1-3-17-23-19(27-24-17)26-13-11-25(12-14-26)18(21-4-2)22-10-9-15-5-7-16(20)8-6-15;/h5-8H,3-4,9-14H2,1-2H3,(H,21,22);1H. The van der Waals surface area contributed by atoms with E-state index in [1.54, 1.807) is 0 Å². The van der Waals surface area contributed by atoms with Crippen molar-refractivity contribution in [1.82, 2.24) is 19.6 Å². The van der Waals surface area contributed by atoms with Crippen LogP contribution in [0.2, 0.25) is 0 Å². The smallest absolute Gasteiger partial charge is 0.205 e. The van der Waals surface area contributed by atoms with E-state index in [4.69, 9.17) is 4.99 Å². The van der Waals surface area contributed by atoms with Gasteiger partial charge in [0.2, 0.25) is 5.13 Å². The van der Waals surface area contributed by atoms with Gasteiger partial charge in [0, 0.05) is 57.2 Å². The number of aryl methyl sites for hydroxylation is 1. The van der Waals surface area contributed by atoms with Crippen LogP contribution in [-0.2, 0) is 12.8 Å². The van der Waals surface area contributed by atoms with E-state index in [1.165, 1.54) is 23.7 Å². The maximum absolute atomic E-state index is 13.0. The molecule has 0 radical (unpaired) electrons. The van der Waals surface area contributed by atoms with Gasteiger partial charge in [-0.2, -0.15) is 4.37 Å². The fourth-order valence-corrected chi connectivity index (χ4v) is 3.80. The van der Waals surface area contributed by atoms with Gasteiger partial charge in [-0.25, -0.2) is 9.37 Å². The van der Waals surface area contributed by atoms with Crippen LogP contribution >= 0.6 is 35.5 Å². The van der Waals surface area contributed by atoms with Gasteiger partial charge in [-0.3, -0.25) is 4.99 Å². The molecule has 1 aromatic carbocycles. The first-order chi connectivity index (χ1) is 13.2. The quantitative estimate of drug-likeness (QED) is 0.362. The third kappa shape index (κ3) is 6.26. The average molecular weight is 518 g/mol. The Labute approximate surface area is 187 Å². The number of hydrogen-bond donors (Lipinski definition) is 1. The Morgan fingerprint density at radius 1 is 1.18 bits per heavy atom. The molecule has 154 valence electrons. The molecular weight excluding hydrogens is 490 g/mol. The summed E-state index contributed by atoms with van der Waals surface area (Å²) in [6.45, 7) is 9.33. The molecular formula is C19H28FIN6S. The van der Waals surface area contributed by atoms with E-state index >= 15 is 0 Å². The van der Waals surface area contributed by atoms with Gasteiger partial charge in [-0.15, -0.1) is 24.0 Å². The summed E-state index contributed by atoms with van der Waals surface area (Å²) in [5, 5.41) is 4.41. The lowest BCUT2D eigenvalue weighted by atomic mass is 10.1. The van der Waals surface area contributed by atoms with E-state index in [0.717, 1.165) is 68.0 Å². The molecule has 6 nitrogen and oxygen atoms in total. The molecule has 1 aromatic heterocycles. The number of anilines is 1. The van der Waals surface area contributed by atoms with Gasteiger partial charge in [0.25, 0.3) is 0 Å². The average Bonchev–Trinajstić information content (AvgIpc) is 3.18. The summed E-state index contributed by atoms with van der Waals surface area (Å²) >= 11 is 1.49. The van der Waals surface area contributed by atoms with E-state index in [-0.39, 0.29) is 29.8 Å². The number of rotatable bonds is 6. The van der Waals surface area contributed by atoms with Crippen molar-refractivity contribution in [3.8, 4) is 0 Å². The summed E-state index contributed by atoms with van der Waals surface area (Å²) in [7, 11) is 0. The van der Waals surface area contributed by atoms with Crippen molar-refractivity contribution < 1.29 is 4.39 Å². The Morgan fingerprint density at radius 3 is 2.50 bits per heavy atom. The first kappa shape index (κ1) is 22.8. The number of nitrogens with one attached hydrogen (secondary N) is 1. The molecule has 1 aliphatic rings. The number of aromatic nitrogens is 2. The minimum atomic E-state index is -0.199. The largest absolute Gasteiger partial charge is 0.357 e. The molecule has 0 bridgehead atoms. The molecule has 1 fully saturated rings. The summed E-state index contributed by atoms with van der Waals surface area (Å²) < 4.78 is 17.4. The van der Waals surface area contributed by atoms with Crippen LogP contribution in [-0.4, -0.2) is 59.5 Å². The molecule has 2 aromatic rings. The summed E-state index contributed by atoms with van der Waals surface area (Å²) in [4.78, 5) is 14.0. The molecule has 0 spiro atoms. The third-order valence-corrected chi connectivity index (χ3v) is 5.35. The topological polar surface area (TPSA) is 56.7 Å². The van der Waals surface area contributed by atoms with Gasteiger partial charge in [0.15, 0.2) is 5.96 Å². The fourth-order valence-electron chi connectivity index (χ4n) is 2.99. The minimum absolute atomic E-state index is 0. The number of halogens is 2. The van der Waals surface area contributed by atoms with Crippen LogP contribution in [0.15, 0.2) is 29.3 Å². The highest BCUT2D eigenvalue weighted by Crippen LogP contribution is 2.19. The second kappa shape index (κ2) is 11.5. The van der Waals surface area contributed by atoms with Crippen LogP contribution in [0.3, 0.4) is 0 Å². The third-order valence-electron chi connectivity index (χ3n) is 4.53. The van der Waals surface area contributed by atoms with Crippen LogP contribution in [0.25, 0.3) is 0 Å². The van der Waals surface area contributed by atoms with Crippen molar-refractivity contribution in [2.75, 3.05) is 44.2 Å². The molecule has 0 atom stereocenters. The van der Waals surface area contributed by atoms with Gasteiger partial charge in [0.1, 0.15) is 11.6 Å². The van der Waals surface area contributed by atoms with E-state index in [0.29, 0.717) is 6.54 Å². The maximum atomic E-state index is 13.0. The van der Waals surface area contributed by atoms with Crippen LogP contribution in [0, 0.1) is 5.82 Å². The zero-order chi connectivity index (χ0) is 19.1. The van der Waals surface area contributed by atoms with Gasteiger partial charge in [-0.1, -0.05) is 19.1 Å². The number of hydrogen-bond acceptors (Lipinski definition) is 5. The second-order valence-electron chi connectivity index (χ2n) is 6.43. The number of benzene rings is 1. The first-order valence-electron chi connectivity index (χ1n) is 9.54. The predicted octanol–water partition coefficient (Wildman–Crippen LogP) is 3.19. The molecule has 0 saturated carbocycles. The molecule has 0 amide bonds. The highest BCUT2D eigenvalue weighted by molar-refractivity contribution is 14.0. The normalized spacial score (nSPS) is 14.8. The molecule has 1 saturated heterocycles. The van der Waals surface area contributed by atoms with Crippen molar-refractivity contribution in [2.24, 2.45) is 4.99 Å². The monoisotopic (exact) mass is 518 g/mol. The molecule has 0 unspecified atom stereocenters. The number of guanidine groups is 1. The lowest BCUT2D eigenvalue weighted by molar-refractivity contribution is 0.372. The van der Waals surface area contributed by atoms with E-state index in [1.807, 2.05) is 12.1 Å². The lowest BCUT2D eigenvalue weighted by Crippen LogP contribution is -2.52.